The average Bonchev–Trinajstić information content (AvgIpc) is 1.93. The van der Waals surface area contributed by atoms with Gasteiger partial charge < -0.3 is 10.4 Å². The fourth-order valence-corrected chi connectivity index (χ4v) is 1.63. The van der Waals surface area contributed by atoms with E-state index < -0.39 is 21.6 Å². The smallest absolute Gasteiger partial charge is 0.305 e. The van der Waals surface area contributed by atoms with E-state index in [-0.39, 0.29) is 18.6 Å². The standard InChI is InChI=1S/C8H17NO5S/c1-8(2,6-7(10)11)9-4-3-5-15(12,13)14/h9H,3-6H2,1-2H3,(H,10,11)(H,12,13,14). The quantitative estimate of drug-likeness (QED) is 0.430. The van der Waals surface area contributed by atoms with Crippen LogP contribution in [0.3, 0.4) is 0 Å². The number of carbonyl (C=O) groups is 1. The Kier molecular flexibility index (Phi) is 5.19. The van der Waals surface area contributed by atoms with Gasteiger partial charge in [-0.05, 0) is 26.8 Å². The van der Waals surface area contributed by atoms with Crippen LogP contribution < -0.4 is 5.32 Å². The average molecular weight is 239 g/mol. The number of carboxylic acid groups (broad SMARTS) is 1. The molecule has 0 atom stereocenters. The van der Waals surface area contributed by atoms with E-state index >= 15 is 0 Å². The van der Waals surface area contributed by atoms with Gasteiger partial charge in [-0.2, -0.15) is 8.42 Å². The summed E-state index contributed by atoms with van der Waals surface area (Å²) < 4.78 is 29.2. The monoisotopic (exact) mass is 239 g/mol. The molecule has 0 radical (unpaired) electrons. The van der Waals surface area contributed by atoms with Crippen molar-refractivity contribution in [1.82, 2.24) is 5.32 Å². The van der Waals surface area contributed by atoms with Crippen LogP contribution >= 0.6 is 0 Å². The highest BCUT2D eigenvalue weighted by atomic mass is 32.2. The fourth-order valence-electron chi connectivity index (χ4n) is 1.12. The molecule has 0 bridgehead atoms. The van der Waals surface area contributed by atoms with Gasteiger partial charge in [0, 0.05) is 5.54 Å². The maximum atomic E-state index is 10.4. The third-order valence-electron chi connectivity index (χ3n) is 1.78. The Balaban J connectivity index is 3.80. The number of rotatable bonds is 7. The highest BCUT2D eigenvalue weighted by Gasteiger charge is 2.20. The molecule has 7 heteroatoms. The van der Waals surface area contributed by atoms with Gasteiger partial charge in [-0.1, -0.05) is 0 Å². The zero-order valence-corrected chi connectivity index (χ0v) is 9.67. The molecular weight excluding hydrogens is 222 g/mol. The first-order chi connectivity index (χ1) is 6.62. The summed E-state index contributed by atoms with van der Waals surface area (Å²) >= 11 is 0. The minimum atomic E-state index is -3.92. The minimum absolute atomic E-state index is 0.0428. The van der Waals surface area contributed by atoms with Crippen molar-refractivity contribution in [3.05, 3.63) is 0 Å². The molecule has 0 aliphatic carbocycles. The number of nitrogens with one attached hydrogen (secondary N) is 1. The third-order valence-corrected chi connectivity index (χ3v) is 2.58. The second kappa shape index (κ2) is 5.43. The van der Waals surface area contributed by atoms with E-state index in [9.17, 15) is 13.2 Å². The lowest BCUT2D eigenvalue weighted by molar-refractivity contribution is -0.138. The summed E-state index contributed by atoms with van der Waals surface area (Å²) in [5, 5.41) is 11.5. The van der Waals surface area contributed by atoms with Crippen LogP contribution in [0.4, 0.5) is 0 Å². The van der Waals surface area contributed by atoms with Gasteiger partial charge in [0.2, 0.25) is 0 Å². The number of hydrogen-bond acceptors (Lipinski definition) is 4. The van der Waals surface area contributed by atoms with Gasteiger partial charge in [0.25, 0.3) is 10.1 Å². The summed E-state index contributed by atoms with van der Waals surface area (Å²) in [5.74, 6) is -1.23. The van der Waals surface area contributed by atoms with Crippen molar-refractivity contribution in [2.75, 3.05) is 12.3 Å². The molecule has 0 aromatic carbocycles. The Morgan fingerprint density at radius 2 is 1.93 bits per heavy atom. The Labute approximate surface area is 89.4 Å². The predicted molar refractivity (Wildman–Crippen MR) is 55.4 cm³/mol. The van der Waals surface area contributed by atoms with Crippen LogP contribution in [0, 0.1) is 0 Å². The van der Waals surface area contributed by atoms with Crippen LogP contribution in [0.15, 0.2) is 0 Å². The van der Waals surface area contributed by atoms with E-state index in [0.29, 0.717) is 6.54 Å². The summed E-state index contributed by atoms with van der Waals surface area (Å²) in [6.45, 7) is 3.78. The van der Waals surface area contributed by atoms with Gasteiger partial charge in [-0.15, -0.1) is 0 Å². The molecule has 0 fully saturated rings. The highest BCUT2D eigenvalue weighted by Crippen LogP contribution is 2.07. The molecule has 15 heavy (non-hydrogen) atoms. The molecule has 3 N–H and O–H groups in total. The Morgan fingerprint density at radius 1 is 1.40 bits per heavy atom. The van der Waals surface area contributed by atoms with Crippen molar-refractivity contribution in [2.45, 2.75) is 32.2 Å². The van der Waals surface area contributed by atoms with E-state index in [1.807, 2.05) is 0 Å². The number of aliphatic carboxylic acids is 1. The van der Waals surface area contributed by atoms with E-state index in [4.69, 9.17) is 9.66 Å². The molecule has 0 aromatic heterocycles. The first-order valence-electron chi connectivity index (χ1n) is 4.54. The van der Waals surface area contributed by atoms with Gasteiger partial charge in [-0.25, -0.2) is 0 Å². The fraction of sp³-hybridized carbons (Fsp3) is 0.875. The van der Waals surface area contributed by atoms with Crippen molar-refractivity contribution in [3.8, 4) is 0 Å². The molecular formula is C8H17NO5S. The largest absolute Gasteiger partial charge is 0.481 e. The van der Waals surface area contributed by atoms with Crippen LogP contribution in [0.5, 0.6) is 0 Å². The molecule has 90 valence electrons. The Morgan fingerprint density at radius 3 is 2.33 bits per heavy atom. The molecule has 0 spiro atoms. The Hall–Kier alpha value is -0.660. The molecule has 0 heterocycles. The first kappa shape index (κ1) is 14.3. The summed E-state index contributed by atoms with van der Waals surface area (Å²) in [5.41, 5.74) is -0.578. The first-order valence-corrected chi connectivity index (χ1v) is 6.15. The minimum Gasteiger partial charge on any atom is -0.481 e. The van der Waals surface area contributed by atoms with Crippen LogP contribution in [-0.4, -0.2) is 41.9 Å². The van der Waals surface area contributed by atoms with E-state index in [0.717, 1.165) is 0 Å². The second-order valence-electron chi connectivity index (χ2n) is 4.02. The van der Waals surface area contributed by atoms with Crippen LogP contribution in [-0.2, 0) is 14.9 Å². The van der Waals surface area contributed by atoms with Gasteiger partial charge >= 0.3 is 5.97 Å². The lowest BCUT2D eigenvalue weighted by Gasteiger charge is -2.24. The molecule has 0 amide bonds. The summed E-state index contributed by atoms with van der Waals surface area (Å²) in [4.78, 5) is 10.4. The van der Waals surface area contributed by atoms with E-state index in [1.54, 1.807) is 13.8 Å². The lowest BCUT2D eigenvalue weighted by atomic mass is 10.0. The summed E-state index contributed by atoms with van der Waals surface area (Å²) in [6.07, 6.45) is 0.209. The van der Waals surface area contributed by atoms with Crippen LogP contribution in [0.1, 0.15) is 26.7 Å². The van der Waals surface area contributed by atoms with Crippen LogP contribution in [0.2, 0.25) is 0 Å². The van der Waals surface area contributed by atoms with Gasteiger partial charge in [0.1, 0.15) is 0 Å². The molecule has 6 nitrogen and oxygen atoms in total. The molecule has 0 unspecified atom stereocenters. The van der Waals surface area contributed by atoms with Crippen molar-refractivity contribution in [3.63, 3.8) is 0 Å². The normalized spacial score (nSPS) is 12.7. The van der Waals surface area contributed by atoms with E-state index in [1.165, 1.54) is 0 Å². The lowest BCUT2D eigenvalue weighted by Crippen LogP contribution is -2.42. The maximum absolute atomic E-state index is 10.4. The predicted octanol–water partition coefficient (Wildman–Crippen LogP) is 0.107. The maximum Gasteiger partial charge on any atom is 0.305 e. The number of carboxylic acids is 1. The number of hydrogen-bond donors (Lipinski definition) is 3. The highest BCUT2D eigenvalue weighted by molar-refractivity contribution is 7.85. The zero-order valence-electron chi connectivity index (χ0n) is 8.86. The summed E-state index contributed by atoms with van der Waals surface area (Å²) in [7, 11) is -3.92. The molecule has 0 aromatic rings. The second-order valence-corrected chi connectivity index (χ2v) is 5.59. The van der Waals surface area contributed by atoms with Gasteiger partial charge in [0.15, 0.2) is 0 Å². The van der Waals surface area contributed by atoms with Gasteiger partial charge in [-0.3, -0.25) is 9.35 Å². The van der Waals surface area contributed by atoms with Crippen molar-refractivity contribution in [1.29, 1.82) is 0 Å². The molecule has 0 saturated carbocycles. The van der Waals surface area contributed by atoms with Crippen molar-refractivity contribution >= 4 is 16.1 Å². The molecule has 0 saturated heterocycles. The van der Waals surface area contributed by atoms with Crippen molar-refractivity contribution in [2.24, 2.45) is 0 Å². The zero-order chi connectivity index (χ0) is 12.1. The van der Waals surface area contributed by atoms with Crippen molar-refractivity contribution < 1.29 is 22.9 Å². The molecule has 0 rings (SSSR count). The van der Waals surface area contributed by atoms with Gasteiger partial charge in [0.05, 0.1) is 12.2 Å². The molecule has 0 aliphatic rings. The van der Waals surface area contributed by atoms with E-state index in [2.05, 4.69) is 5.32 Å². The topological polar surface area (TPSA) is 104 Å². The third kappa shape index (κ3) is 9.64. The molecule has 0 aliphatic heterocycles. The van der Waals surface area contributed by atoms with Crippen LogP contribution in [0.25, 0.3) is 0 Å². The SMILES string of the molecule is CC(C)(CC(=O)O)NCCCS(=O)(=O)O. The summed E-state index contributed by atoms with van der Waals surface area (Å²) in [6, 6.07) is 0. The Bertz CT molecular complexity index is 309.